The Morgan fingerprint density at radius 2 is 1.87 bits per heavy atom. The summed E-state index contributed by atoms with van der Waals surface area (Å²) in [5, 5.41) is 6.32. The maximum absolute atomic E-state index is 6.35. The normalized spacial score (nSPS) is 15.2. The number of aryl methyl sites for hydroxylation is 2. The maximum atomic E-state index is 6.35. The molecule has 3 nitrogen and oxygen atoms in total. The highest BCUT2D eigenvalue weighted by Crippen LogP contribution is 2.28. The van der Waals surface area contributed by atoms with Gasteiger partial charge in [0.2, 0.25) is 0 Å². The van der Waals surface area contributed by atoms with Gasteiger partial charge in [0.05, 0.1) is 0 Å². The van der Waals surface area contributed by atoms with Crippen LogP contribution in [0.2, 0.25) is 5.02 Å². The lowest BCUT2D eigenvalue weighted by Gasteiger charge is -2.34. The van der Waals surface area contributed by atoms with Gasteiger partial charge in [0.25, 0.3) is 0 Å². The van der Waals surface area contributed by atoms with E-state index in [1.165, 1.54) is 55.0 Å². The molecule has 1 N–H and O–H groups in total. The van der Waals surface area contributed by atoms with Crippen molar-refractivity contribution >= 4 is 45.5 Å². The molecule has 4 rings (SSSR count). The Bertz CT molecular complexity index is 1030. The van der Waals surface area contributed by atoms with Crippen molar-refractivity contribution in [1.29, 1.82) is 0 Å². The number of rotatable bonds is 4. The van der Waals surface area contributed by atoms with Gasteiger partial charge in [0.15, 0.2) is 5.11 Å². The Morgan fingerprint density at radius 3 is 2.60 bits per heavy atom. The van der Waals surface area contributed by atoms with Crippen LogP contribution in [0, 0.1) is 6.92 Å². The fraction of sp³-hybridized carbons (Fsp3) is 0.400. The average Bonchev–Trinajstić information content (AvgIpc) is 2.90. The first kappa shape index (κ1) is 21.2. The number of anilines is 1. The van der Waals surface area contributed by atoms with Crippen LogP contribution in [-0.4, -0.2) is 20.6 Å². The summed E-state index contributed by atoms with van der Waals surface area (Å²) in [4.78, 5) is 2.41. The minimum absolute atomic E-state index is 0.465. The van der Waals surface area contributed by atoms with Crippen LogP contribution in [0.3, 0.4) is 0 Å². The quantitative estimate of drug-likeness (QED) is 0.347. The van der Waals surface area contributed by atoms with Gasteiger partial charge in [-0.25, -0.2) is 0 Å². The first-order chi connectivity index (χ1) is 14.5. The highest BCUT2D eigenvalue weighted by atomic mass is 35.5. The predicted molar refractivity (Wildman–Crippen MR) is 132 cm³/mol. The van der Waals surface area contributed by atoms with Crippen molar-refractivity contribution in [2.75, 3.05) is 5.32 Å². The number of aromatic nitrogens is 1. The van der Waals surface area contributed by atoms with Gasteiger partial charge in [0.1, 0.15) is 0 Å². The summed E-state index contributed by atoms with van der Waals surface area (Å²) in [6.45, 7) is 2.83. The lowest BCUT2D eigenvalue weighted by Crippen LogP contribution is -2.42. The fourth-order valence-electron chi connectivity index (χ4n) is 4.54. The molecule has 1 fully saturated rings. The van der Waals surface area contributed by atoms with Crippen molar-refractivity contribution in [3.8, 4) is 0 Å². The summed E-state index contributed by atoms with van der Waals surface area (Å²) in [7, 11) is 2.12. The molecule has 1 aliphatic carbocycles. The third-order valence-electron chi connectivity index (χ3n) is 6.27. The van der Waals surface area contributed by atoms with Crippen LogP contribution in [-0.2, 0) is 13.6 Å². The highest BCUT2D eigenvalue weighted by Gasteiger charge is 2.24. The molecule has 0 unspecified atom stereocenters. The molecule has 5 heteroatoms. The summed E-state index contributed by atoms with van der Waals surface area (Å²) < 4.78 is 2.21. The Labute approximate surface area is 190 Å². The zero-order valence-electron chi connectivity index (χ0n) is 17.8. The number of hydrogen-bond acceptors (Lipinski definition) is 1. The van der Waals surface area contributed by atoms with E-state index in [4.69, 9.17) is 23.8 Å². The second kappa shape index (κ2) is 9.40. The molecule has 0 aliphatic heterocycles. The molecule has 0 radical (unpaired) electrons. The zero-order valence-corrected chi connectivity index (χ0v) is 19.4. The van der Waals surface area contributed by atoms with Gasteiger partial charge in [-0.2, -0.15) is 0 Å². The highest BCUT2D eigenvalue weighted by molar-refractivity contribution is 7.80. The van der Waals surface area contributed by atoms with E-state index in [0.29, 0.717) is 6.04 Å². The largest absolute Gasteiger partial charge is 0.350 e. The van der Waals surface area contributed by atoms with Crippen molar-refractivity contribution in [2.45, 2.75) is 58.0 Å². The van der Waals surface area contributed by atoms with Gasteiger partial charge >= 0.3 is 0 Å². The third-order valence-corrected chi connectivity index (χ3v) is 7.01. The molecular formula is C25H30ClN3S. The number of para-hydroxylation sites is 1. The standard InChI is InChI=1S/C25H30ClN3S/c1-18-13-14-20(15-23(18)26)27-25(30)29(21-9-5-3-4-6-10-21)17-19-16-28(2)24-12-8-7-11-22(19)24/h7-8,11-16,21H,3-6,9-10,17H2,1-2H3,(H,27,30). The molecule has 158 valence electrons. The molecule has 2 aromatic carbocycles. The van der Waals surface area contributed by atoms with E-state index in [0.717, 1.165) is 27.9 Å². The smallest absolute Gasteiger partial charge is 0.173 e. The van der Waals surface area contributed by atoms with Crippen LogP contribution in [0.15, 0.2) is 48.7 Å². The number of halogens is 1. The molecule has 0 atom stereocenters. The summed E-state index contributed by atoms with van der Waals surface area (Å²) >= 11 is 12.3. The third kappa shape index (κ3) is 4.65. The number of benzene rings is 2. The molecule has 0 bridgehead atoms. The second-order valence-corrected chi connectivity index (χ2v) is 9.24. The SMILES string of the molecule is Cc1ccc(NC(=S)N(Cc2cn(C)c3ccccc23)C2CCCCCC2)cc1Cl. The van der Waals surface area contributed by atoms with E-state index >= 15 is 0 Å². The van der Waals surface area contributed by atoms with E-state index in [-0.39, 0.29) is 0 Å². The van der Waals surface area contributed by atoms with Crippen LogP contribution in [0.4, 0.5) is 5.69 Å². The van der Waals surface area contributed by atoms with Crippen molar-refractivity contribution in [2.24, 2.45) is 7.05 Å². The van der Waals surface area contributed by atoms with Crippen LogP contribution < -0.4 is 5.32 Å². The molecule has 0 spiro atoms. The lowest BCUT2D eigenvalue weighted by atomic mass is 10.1. The fourth-order valence-corrected chi connectivity index (χ4v) is 5.05. The Kier molecular flexibility index (Phi) is 6.64. The summed E-state index contributed by atoms with van der Waals surface area (Å²) in [6.07, 6.45) is 9.84. The molecule has 1 saturated carbocycles. The van der Waals surface area contributed by atoms with Crippen LogP contribution in [0.5, 0.6) is 0 Å². The van der Waals surface area contributed by atoms with Crippen molar-refractivity contribution in [1.82, 2.24) is 9.47 Å². The van der Waals surface area contributed by atoms with Gasteiger partial charge in [0, 0.05) is 47.4 Å². The minimum atomic E-state index is 0.465. The van der Waals surface area contributed by atoms with Gasteiger partial charge < -0.3 is 14.8 Å². The van der Waals surface area contributed by atoms with E-state index in [1.54, 1.807) is 0 Å². The topological polar surface area (TPSA) is 20.2 Å². The van der Waals surface area contributed by atoms with Gasteiger partial charge in [-0.05, 0) is 61.3 Å². The molecule has 1 aromatic heterocycles. The summed E-state index contributed by atoms with van der Waals surface area (Å²) in [5.74, 6) is 0. The number of thiocarbonyl (C=S) groups is 1. The molecule has 30 heavy (non-hydrogen) atoms. The first-order valence-corrected chi connectivity index (χ1v) is 11.7. The molecular weight excluding hydrogens is 410 g/mol. The van der Waals surface area contributed by atoms with Gasteiger partial charge in [-0.15, -0.1) is 0 Å². The van der Waals surface area contributed by atoms with E-state index in [9.17, 15) is 0 Å². The molecule has 3 aromatic rings. The van der Waals surface area contributed by atoms with E-state index < -0.39 is 0 Å². The van der Waals surface area contributed by atoms with Crippen LogP contribution in [0.25, 0.3) is 10.9 Å². The summed E-state index contributed by atoms with van der Waals surface area (Å²) in [5.41, 5.74) is 4.61. The van der Waals surface area contributed by atoms with Crippen LogP contribution in [0.1, 0.15) is 49.7 Å². The maximum Gasteiger partial charge on any atom is 0.173 e. The molecule has 1 heterocycles. The van der Waals surface area contributed by atoms with E-state index in [1.807, 2.05) is 19.1 Å². The average molecular weight is 440 g/mol. The Balaban J connectivity index is 1.63. The number of hydrogen-bond donors (Lipinski definition) is 1. The first-order valence-electron chi connectivity index (χ1n) is 10.9. The molecule has 0 saturated heterocycles. The van der Waals surface area contributed by atoms with Gasteiger partial charge in [-0.1, -0.05) is 61.5 Å². The monoisotopic (exact) mass is 439 g/mol. The molecule has 1 aliphatic rings. The van der Waals surface area contributed by atoms with Crippen molar-refractivity contribution in [3.63, 3.8) is 0 Å². The number of fused-ring (bicyclic) bond motifs is 1. The van der Waals surface area contributed by atoms with Gasteiger partial charge in [-0.3, -0.25) is 0 Å². The lowest BCUT2D eigenvalue weighted by molar-refractivity contribution is 0.281. The molecule has 0 amide bonds. The van der Waals surface area contributed by atoms with Crippen molar-refractivity contribution < 1.29 is 0 Å². The number of nitrogens with zero attached hydrogens (tertiary/aromatic N) is 2. The Hall–Kier alpha value is -2.04. The minimum Gasteiger partial charge on any atom is -0.350 e. The van der Waals surface area contributed by atoms with Crippen LogP contribution >= 0.6 is 23.8 Å². The number of nitrogens with one attached hydrogen (secondary N) is 1. The second-order valence-electron chi connectivity index (χ2n) is 8.45. The summed E-state index contributed by atoms with van der Waals surface area (Å²) in [6, 6.07) is 15.1. The zero-order chi connectivity index (χ0) is 21.1. The predicted octanol–water partition coefficient (Wildman–Crippen LogP) is 7.06. The Morgan fingerprint density at radius 1 is 1.13 bits per heavy atom. The van der Waals surface area contributed by atoms with Crippen molar-refractivity contribution in [3.05, 3.63) is 64.8 Å². The van der Waals surface area contributed by atoms with E-state index in [2.05, 4.69) is 58.4 Å².